The van der Waals surface area contributed by atoms with Crippen LogP contribution in [0.5, 0.6) is 0 Å². The number of hydrogen-bond donors (Lipinski definition) is 0. The quantitative estimate of drug-likeness (QED) is 0.799. The second-order valence-electron chi connectivity index (χ2n) is 5.61. The Morgan fingerprint density at radius 1 is 1.29 bits per heavy atom. The minimum Gasteiger partial charge on any atom is -0.294 e. The molecule has 1 heterocycles. The first-order chi connectivity index (χ1) is 9.79. The molecule has 0 atom stereocenters. The third kappa shape index (κ3) is 3.71. The summed E-state index contributed by atoms with van der Waals surface area (Å²) in [4.78, 5) is 16.2. The van der Waals surface area contributed by atoms with Crippen molar-refractivity contribution in [3.63, 3.8) is 0 Å². The van der Waals surface area contributed by atoms with E-state index in [4.69, 9.17) is 23.2 Å². The van der Waals surface area contributed by atoms with Crippen LogP contribution in [0.2, 0.25) is 10.0 Å². The number of ketones is 1. The van der Waals surface area contributed by atoms with Gasteiger partial charge in [0.25, 0.3) is 0 Å². The Kier molecular flexibility index (Phi) is 4.49. The molecule has 0 amide bonds. The second kappa shape index (κ2) is 6.00. The third-order valence-corrected chi connectivity index (χ3v) is 3.43. The van der Waals surface area contributed by atoms with E-state index in [0.29, 0.717) is 21.3 Å². The summed E-state index contributed by atoms with van der Waals surface area (Å²) in [5.74, 6) is -0.0287. The Morgan fingerprint density at radius 2 is 2.00 bits per heavy atom. The molecule has 0 saturated heterocycles. The van der Waals surface area contributed by atoms with Gasteiger partial charge in [-0.05, 0) is 18.2 Å². The van der Waals surface area contributed by atoms with Gasteiger partial charge in [0.15, 0.2) is 5.78 Å². The molecule has 0 fully saturated rings. The summed E-state index contributed by atoms with van der Waals surface area (Å²) in [7, 11) is 0. The molecule has 0 N–H and O–H groups in total. The lowest BCUT2D eigenvalue weighted by atomic mass is 9.90. The van der Waals surface area contributed by atoms with E-state index in [1.54, 1.807) is 18.2 Å². The fourth-order valence-corrected chi connectivity index (χ4v) is 2.14. The van der Waals surface area contributed by atoms with Gasteiger partial charge in [-0.3, -0.25) is 4.79 Å². The molecule has 21 heavy (non-hydrogen) atoms. The number of nitrogens with zero attached hydrogens (tertiary/aromatic N) is 3. The molecule has 0 bridgehead atoms. The molecule has 0 saturated carbocycles. The van der Waals surface area contributed by atoms with E-state index < -0.39 is 5.41 Å². The van der Waals surface area contributed by atoms with Crippen LogP contribution in [-0.4, -0.2) is 20.5 Å². The van der Waals surface area contributed by atoms with Gasteiger partial charge in [0.2, 0.25) is 0 Å². The molecule has 110 valence electrons. The molecular weight excluding hydrogens is 309 g/mol. The average Bonchev–Trinajstić information content (AvgIpc) is 2.89. The minimum absolute atomic E-state index is 0.0287. The highest BCUT2D eigenvalue weighted by atomic mass is 35.5. The summed E-state index contributed by atoms with van der Waals surface area (Å²) in [6.45, 7) is 5.57. The molecule has 2 aromatic rings. The van der Waals surface area contributed by atoms with Crippen molar-refractivity contribution in [2.24, 2.45) is 5.41 Å². The topological polar surface area (TPSA) is 47.8 Å². The van der Waals surface area contributed by atoms with Crippen molar-refractivity contribution < 1.29 is 4.79 Å². The van der Waals surface area contributed by atoms with Gasteiger partial charge in [-0.2, -0.15) is 5.10 Å². The fraction of sp³-hybridized carbons (Fsp3) is 0.267. The lowest BCUT2D eigenvalue weighted by molar-refractivity contribution is -0.121. The zero-order valence-corrected chi connectivity index (χ0v) is 13.5. The summed E-state index contributed by atoms with van der Waals surface area (Å²) in [5, 5.41) is 5.07. The number of hydrogen-bond acceptors (Lipinski definition) is 3. The van der Waals surface area contributed by atoms with Crippen LogP contribution in [0.15, 0.2) is 36.9 Å². The first-order valence-electron chi connectivity index (χ1n) is 6.35. The maximum Gasteiger partial charge on any atom is 0.163 e. The first kappa shape index (κ1) is 15.7. The number of allylic oxidation sites excluding steroid dienone is 1. The lowest BCUT2D eigenvalue weighted by Gasteiger charge is -2.16. The van der Waals surface area contributed by atoms with Crippen molar-refractivity contribution in [1.29, 1.82) is 0 Å². The SMILES string of the molecule is CC(C)(C)C(=O)/C=C(\c1ccc(Cl)cc1Cl)n1cncn1. The third-order valence-electron chi connectivity index (χ3n) is 2.88. The summed E-state index contributed by atoms with van der Waals surface area (Å²) in [6.07, 6.45) is 4.45. The normalized spacial score (nSPS) is 12.5. The Morgan fingerprint density at radius 3 is 2.52 bits per heavy atom. The van der Waals surface area contributed by atoms with Crippen LogP contribution < -0.4 is 0 Å². The van der Waals surface area contributed by atoms with Crippen LogP contribution in [0.4, 0.5) is 0 Å². The molecule has 1 aromatic heterocycles. The molecule has 4 nitrogen and oxygen atoms in total. The highest BCUT2D eigenvalue weighted by Gasteiger charge is 2.21. The molecule has 2 rings (SSSR count). The smallest absolute Gasteiger partial charge is 0.163 e. The van der Waals surface area contributed by atoms with Crippen molar-refractivity contribution in [1.82, 2.24) is 14.8 Å². The monoisotopic (exact) mass is 323 g/mol. The van der Waals surface area contributed by atoms with Crippen LogP contribution in [0.1, 0.15) is 26.3 Å². The Hall–Kier alpha value is -1.65. The summed E-state index contributed by atoms with van der Waals surface area (Å²) in [6, 6.07) is 5.11. The minimum atomic E-state index is -0.495. The van der Waals surface area contributed by atoms with Crippen LogP contribution >= 0.6 is 23.2 Å². The van der Waals surface area contributed by atoms with E-state index >= 15 is 0 Å². The summed E-state index contributed by atoms with van der Waals surface area (Å²) < 4.78 is 1.51. The molecule has 0 aliphatic rings. The van der Waals surface area contributed by atoms with E-state index in [1.165, 1.54) is 23.4 Å². The number of benzene rings is 1. The molecule has 0 unspecified atom stereocenters. The number of rotatable bonds is 3. The first-order valence-corrected chi connectivity index (χ1v) is 7.11. The number of carbonyl (C=O) groups excluding carboxylic acids is 1. The van der Waals surface area contributed by atoms with Crippen LogP contribution in [0, 0.1) is 5.41 Å². The van der Waals surface area contributed by atoms with E-state index in [2.05, 4.69) is 10.1 Å². The molecule has 0 spiro atoms. The Labute approximate surface area is 133 Å². The fourth-order valence-electron chi connectivity index (χ4n) is 1.64. The van der Waals surface area contributed by atoms with Gasteiger partial charge in [-0.15, -0.1) is 0 Å². The van der Waals surface area contributed by atoms with Gasteiger partial charge in [-0.25, -0.2) is 9.67 Å². The lowest BCUT2D eigenvalue weighted by Crippen LogP contribution is -2.19. The molecule has 0 radical (unpaired) electrons. The maximum atomic E-state index is 12.3. The largest absolute Gasteiger partial charge is 0.294 e. The molecule has 0 aliphatic carbocycles. The van der Waals surface area contributed by atoms with E-state index in [9.17, 15) is 4.79 Å². The zero-order valence-electron chi connectivity index (χ0n) is 12.0. The van der Waals surface area contributed by atoms with Gasteiger partial charge in [0.05, 0.1) is 10.7 Å². The van der Waals surface area contributed by atoms with E-state index in [1.807, 2.05) is 20.8 Å². The van der Waals surface area contributed by atoms with E-state index in [-0.39, 0.29) is 5.78 Å². The van der Waals surface area contributed by atoms with Gasteiger partial charge < -0.3 is 0 Å². The second-order valence-corrected chi connectivity index (χ2v) is 6.45. The molecule has 0 aliphatic heterocycles. The van der Waals surface area contributed by atoms with E-state index in [0.717, 1.165) is 0 Å². The highest BCUT2D eigenvalue weighted by molar-refractivity contribution is 6.35. The predicted molar refractivity (Wildman–Crippen MR) is 84.3 cm³/mol. The summed E-state index contributed by atoms with van der Waals surface area (Å²) >= 11 is 12.2. The van der Waals surface area contributed by atoms with Crippen molar-refractivity contribution in [2.45, 2.75) is 20.8 Å². The van der Waals surface area contributed by atoms with Crippen molar-refractivity contribution in [2.75, 3.05) is 0 Å². The number of carbonyl (C=O) groups is 1. The predicted octanol–water partition coefficient (Wildman–Crippen LogP) is 4.09. The van der Waals surface area contributed by atoms with Gasteiger partial charge >= 0.3 is 0 Å². The Bertz CT molecular complexity index is 685. The molecule has 6 heteroatoms. The van der Waals surface area contributed by atoms with Gasteiger partial charge in [0.1, 0.15) is 12.7 Å². The van der Waals surface area contributed by atoms with Crippen LogP contribution in [0.3, 0.4) is 0 Å². The van der Waals surface area contributed by atoms with Gasteiger partial charge in [-0.1, -0.05) is 44.0 Å². The molecule has 1 aromatic carbocycles. The van der Waals surface area contributed by atoms with Crippen molar-refractivity contribution in [3.05, 3.63) is 52.5 Å². The average molecular weight is 324 g/mol. The standard InChI is InChI=1S/C15H15Cl2N3O/c1-15(2,3)14(21)7-13(20-9-18-8-19-20)11-5-4-10(16)6-12(11)17/h4-9H,1-3H3/b13-7+. The maximum absolute atomic E-state index is 12.3. The van der Waals surface area contributed by atoms with Crippen molar-refractivity contribution >= 4 is 34.7 Å². The zero-order chi connectivity index (χ0) is 15.6. The van der Waals surface area contributed by atoms with Crippen molar-refractivity contribution in [3.8, 4) is 0 Å². The van der Waals surface area contributed by atoms with Crippen LogP contribution in [-0.2, 0) is 4.79 Å². The number of aromatic nitrogens is 3. The summed E-state index contributed by atoms with van der Waals surface area (Å²) in [5.41, 5.74) is 0.739. The number of halogens is 2. The highest BCUT2D eigenvalue weighted by Crippen LogP contribution is 2.29. The Balaban J connectivity index is 2.57. The van der Waals surface area contributed by atoms with Gasteiger partial charge in [0, 0.05) is 22.1 Å². The molecular formula is C15H15Cl2N3O. The van der Waals surface area contributed by atoms with Crippen LogP contribution in [0.25, 0.3) is 5.70 Å².